The molecule has 1 fully saturated rings. The van der Waals surface area contributed by atoms with Crippen molar-refractivity contribution >= 4 is 17.4 Å². The van der Waals surface area contributed by atoms with Gasteiger partial charge in [-0.2, -0.15) is 0 Å². The molecule has 1 aliphatic rings. The molecular weight excluding hydrogens is 298 g/mol. The number of hydrogen-bond donors (Lipinski definition) is 3. The van der Waals surface area contributed by atoms with E-state index in [0.717, 1.165) is 23.5 Å². The molecule has 6 heteroatoms. The number of nitrogens with zero attached hydrogens (tertiary/aromatic N) is 1. The van der Waals surface area contributed by atoms with E-state index in [4.69, 9.17) is 0 Å². The maximum atomic E-state index is 12.2. The number of carbonyl (C=O) groups is 1. The predicted molar refractivity (Wildman–Crippen MR) is 88.9 cm³/mol. The number of aryl methyl sites for hydroxylation is 1. The molecule has 1 saturated carbocycles. The number of rotatable bonds is 7. The van der Waals surface area contributed by atoms with Crippen molar-refractivity contribution < 1.29 is 9.90 Å². The molecule has 0 radical (unpaired) electrons. The summed E-state index contributed by atoms with van der Waals surface area (Å²) < 4.78 is 0. The van der Waals surface area contributed by atoms with Gasteiger partial charge < -0.3 is 15.7 Å². The van der Waals surface area contributed by atoms with Gasteiger partial charge in [-0.25, -0.2) is 9.78 Å². The third-order valence-electron chi connectivity index (χ3n) is 3.86. The summed E-state index contributed by atoms with van der Waals surface area (Å²) in [5.41, 5.74) is 0.879. The number of carbonyl (C=O) groups excluding carboxylic acids is 1. The number of aliphatic hydroxyl groups is 1. The number of nitrogens with one attached hydrogen (secondary N) is 2. The lowest BCUT2D eigenvalue weighted by molar-refractivity contribution is 0.128. The topological polar surface area (TPSA) is 74.2 Å². The number of urea groups is 1. The van der Waals surface area contributed by atoms with Crippen molar-refractivity contribution in [3.8, 4) is 0 Å². The first-order valence-electron chi connectivity index (χ1n) is 7.91. The van der Waals surface area contributed by atoms with E-state index in [1.165, 1.54) is 0 Å². The molecule has 3 N–H and O–H groups in total. The van der Waals surface area contributed by atoms with Crippen LogP contribution in [0.15, 0.2) is 5.38 Å². The highest BCUT2D eigenvalue weighted by molar-refractivity contribution is 7.09. The summed E-state index contributed by atoms with van der Waals surface area (Å²) in [6.07, 6.45) is 2.59. The van der Waals surface area contributed by atoms with E-state index in [1.807, 2.05) is 26.2 Å². The summed E-state index contributed by atoms with van der Waals surface area (Å²) in [5, 5.41) is 18.5. The largest absolute Gasteiger partial charge is 0.393 e. The summed E-state index contributed by atoms with van der Waals surface area (Å²) in [5.74, 6) is 0.516. The second-order valence-electron chi connectivity index (χ2n) is 7.19. The molecule has 2 amide bonds. The molecule has 1 aromatic heterocycles. The van der Waals surface area contributed by atoms with Crippen molar-refractivity contribution in [1.82, 2.24) is 15.6 Å². The van der Waals surface area contributed by atoms with Crippen LogP contribution in [0.1, 0.15) is 56.8 Å². The number of aliphatic hydroxyl groups excluding tert-OH is 1. The predicted octanol–water partition coefficient (Wildman–Crippen LogP) is 3.00. The zero-order valence-electron chi connectivity index (χ0n) is 13.8. The number of aromatic nitrogens is 1. The smallest absolute Gasteiger partial charge is 0.315 e. The average molecular weight is 325 g/mol. The first-order chi connectivity index (χ1) is 10.3. The minimum absolute atomic E-state index is 0.0265. The highest BCUT2D eigenvalue weighted by atomic mass is 32.1. The molecule has 0 aliphatic heterocycles. The highest BCUT2D eigenvalue weighted by Gasteiger charge is 2.35. The van der Waals surface area contributed by atoms with Gasteiger partial charge in [-0.1, -0.05) is 13.8 Å². The number of hydrogen-bond acceptors (Lipinski definition) is 4. The fourth-order valence-corrected chi connectivity index (χ4v) is 3.65. The summed E-state index contributed by atoms with van der Waals surface area (Å²) in [4.78, 5) is 16.7. The van der Waals surface area contributed by atoms with E-state index in [9.17, 15) is 9.90 Å². The highest BCUT2D eigenvalue weighted by Crippen LogP contribution is 2.41. The van der Waals surface area contributed by atoms with E-state index in [-0.39, 0.29) is 23.6 Å². The van der Waals surface area contributed by atoms with Crippen molar-refractivity contribution in [3.05, 3.63) is 16.1 Å². The van der Waals surface area contributed by atoms with Gasteiger partial charge in [0.25, 0.3) is 0 Å². The molecule has 124 valence electrons. The molecule has 1 heterocycles. The molecule has 0 spiro atoms. The summed E-state index contributed by atoms with van der Waals surface area (Å²) in [6.45, 7) is 8.38. The summed E-state index contributed by atoms with van der Waals surface area (Å²) in [7, 11) is 0. The molecule has 0 aromatic carbocycles. The Morgan fingerprint density at radius 3 is 2.73 bits per heavy atom. The molecular formula is C16H27N3O2S. The first-order valence-corrected chi connectivity index (χ1v) is 8.79. The summed E-state index contributed by atoms with van der Waals surface area (Å²) >= 11 is 1.61. The summed E-state index contributed by atoms with van der Waals surface area (Å²) in [6, 6.07) is -0.123. The molecule has 2 unspecified atom stereocenters. The van der Waals surface area contributed by atoms with E-state index in [2.05, 4.69) is 15.6 Å². The van der Waals surface area contributed by atoms with Gasteiger partial charge in [0.15, 0.2) is 0 Å². The van der Waals surface area contributed by atoms with Crippen LogP contribution in [0.3, 0.4) is 0 Å². The lowest BCUT2D eigenvalue weighted by Gasteiger charge is -2.27. The van der Waals surface area contributed by atoms with Crippen LogP contribution in [0, 0.1) is 18.3 Å². The van der Waals surface area contributed by atoms with Crippen molar-refractivity contribution in [2.75, 3.05) is 6.54 Å². The first kappa shape index (κ1) is 17.2. The average Bonchev–Trinajstić information content (AvgIpc) is 3.14. The second-order valence-corrected chi connectivity index (χ2v) is 8.08. The van der Waals surface area contributed by atoms with Crippen LogP contribution < -0.4 is 10.6 Å². The zero-order valence-corrected chi connectivity index (χ0v) is 14.7. The van der Waals surface area contributed by atoms with Crippen LogP contribution in [-0.4, -0.2) is 28.8 Å². The lowest BCUT2D eigenvalue weighted by Crippen LogP contribution is -2.43. The van der Waals surface area contributed by atoms with Crippen molar-refractivity contribution in [2.24, 2.45) is 11.3 Å². The molecule has 5 nitrogen and oxygen atoms in total. The Morgan fingerprint density at radius 1 is 1.55 bits per heavy atom. The second kappa shape index (κ2) is 6.96. The molecule has 1 aliphatic carbocycles. The maximum absolute atomic E-state index is 12.2. The SMILES string of the molecule is Cc1csc(C(NC(=O)NCC(C)(C)CC(C)O)C2CC2)n1. The van der Waals surface area contributed by atoms with Gasteiger partial charge in [-0.3, -0.25) is 0 Å². The van der Waals surface area contributed by atoms with Crippen molar-refractivity contribution in [3.63, 3.8) is 0 Å². The zero-order chi connectivity index (χ0) is 16.3. The van der Waals surface area contributed by atoms with Gasteiger partial charge in [0.1, 0.15) is 5.01 Å². The Kier molecular flexibility index (Phi) is 5.45. The Morgan fingerprint density at radius 2 is 2.23 bits per heavy atom. The van der Waals surface area contributed by atoms with Crippen molar-refractivity contribution in [2.45, 2.75) is 59.1 Å². The Balaban J connectivity index is 1.87. The van der Waals surface area contributed by atoms with Gasteiger partial charge in [-0.15, -0.1) is 11.3 Å². The van der Waals surface area contributed by atoms with Crippen LogP contribution in [-0.2, 0) is 0 Å². The van der Waals surface area contributed by atoms with Gasteiger partial charge in [0, 0.05) is 17.6 Å². The van der Waals surface area contributed by atoms with E-state index < -0.39 is 0 Å². The van der Waals surface area contributed by atoms with Crippen LogP contribution in [0.25, 0.3) is 0 Å². The fourth-order valence-electron chi connectivity index (χ4n) is 2.71. The van der Waals surface area contributed by atoms with E-state index in [0.29, 0.717) is 18.9 Å². The van der Waals surface area contributed by atoms with Gasteiger partial charge in [0.2, 0.25) is 0 Å². The molecule has 2 atom stereocenters. The molecule has 0 saturated heterocycles. The molecule has 22 heavy (non-hydrogen) atoms. The third-order valence-corrected chi connectivity index (χ3v) is 4.90. The van der Waals surface area contributed by atoms with Gasteiger partial charge in [-0.05, 0) is 44.4 Å². The molecule has 2 rings (SSSR count). The number of thiazole rings is 1. The minimum Gasteiger partial charge on any atom is -0.393 e. The van der Waals surface area contributed by atoms with E-state index in [1.54, 1.807) is 18.3 Å². The maximum Gasteiger partial charge on any atom is 0.315 e. The fraction of sp³-hybridized carbons (Fsp3) is 0.750. The van der Waals surface area contributed by atoms with Crippen molar-refractivity contribution in [1.29, 1.82) is 0 Å². The molecule has 1 aromatic rings. The standard InChI is InChI=1S/C16H27N3O2S/c1-10-8-22-14(18-10)13(12-5-6-12)19-15(21)17-9-16(3,4)7-11(2)20/h8,11-13,20H,5-7,9H2,1-4H3,(H2,17,19,21). The lowest BCUT2D eigenvalue weighted by atomic mass is 9.87. The quantitative estimate of drug-likeness (QED) is 0.721. The number of amides is 2. The van der Waals surface area contributed by atoms with E-state index >= 15 is 0 Å². The Bertz CT molecular complexity index is 509. The van der Waals surface area contributed by atoms with Crippen LogP contribution in [0.4, 0.5) is 4.79 Å². The normalized spacial score (nSPS) is 17.9. The van der Waals surface area contributed by atoms with Crippen LogP contribution in [0.2, 0.25) is 0 Å². The Labute approximate surface area is 136 Å². The molecule has 0 bridgehead atoms. The van der Waals surface area contributed by atoms with Gasteiger partial charge in [0.05, 0.1) is 12.1 Å². The monoisotopic (exact) mass is 325 g/mol. The third kappa shape index (κ3) is 5.25. The minimum atomic E-state index is -0.364. The Hall–Kier alpha value is -1.14. The van der Waals surface area contributed by atoms with Crippen LogP contribution in [0.5, 0.6) is 0 Å². The van der Waals surface area contributed by atoms with Gasteiger partial charge >= 0.3 is 6.03 Å². The van der Waals surface area contributed by atoms with Crippen LogP contribution >= 0.6 is 11.3 Å².